The highest BCUT2D eigenvalue weighted by atomic mass is 32.2. The summed E-state index contributed by atoms with van der Waals surface area (Å²) in [6, 6.07) is 8.81. The maximum atomic E-state index is 12.1. The van der Waals surface area contributed by atoms with Crippen molar-refractivity contribution in [2.45, 2.75) is 18.1 Å². The number of hydrogen-bond donors (Lipinski definition) is 1. The average molecular weight is 340 g/mol. The summed E-state index contributed by atoms with van der Waals surface area (Å²) in [4.78, 5) is 24.9. The van der Waals surface area contributed by atoms with Gasteiger partial charge >= 0.3 is 12.0 Å². The zero-order valence-corrected chi connectivity index (χ0v) is 13.7. The first kappa shape index (κ1) is 17.3. The first-order valence-electron chi connectivity index (χ1n) is 7.32. The molecule has 0 bridgehead atoms. The molecule has 126 valence electrons. The number of likely N-dealkylation sites (tertiary alicyclic amines) is 1. The number of para-hydroxylation sites is 1. The summed E-state index contributed by atoms with van der Waals surface area (Å²) >= 11 is 0. The number of methoxy groups -OCH3 is 1. The van der Waals surface area contributed by atoms with Crippen LogP contribution < -0.4 is 5.32 Å². The van der Waals surface area contributed by atoms with E-state index < -0.39 is 26.8 Å². The number of urea groups is 1. The van der Waals surface area contributed by atoms with Crippen LogP contribution in [0.4, 0.5) is 10.5 Å². The average Bonchev–Trinajstić information content (AvgIpc) is 2.55. The largest absolute Gasteiger partial charge is 0.468 e. The van der Waals surface area contributed by atoms with Gasteiger partial charge < -0.3 is 15.0 Å². The first-order chi connectivity index (χ1) is 10.9. The number of carbonyl (C=O) groups is 2. The van der Waals surface area contributed by atoms with E-state index in [2.05, 4.69) is 10.1 Å². The minimum absolute atomic E-state index is 0.250. The summed E-state index contributed by atoms with van der Waals surface area (Å²) in [7, 11) is -2.37. The van der Waals surface area contributed by atoms with Crippen molar-refractivity contribution in [3.05, 3.63) is 30.3 Å². The van der Waals surface area contributed by atoms with Crippen LogP contribution in [0.25, 0.3) is 0 Å². The van der Waals surface area contributed by atoms with Crippen LogP contribution in [-0.4, -0.2) is 56.5 Å². The molecule has 1 aromatic rings. The lowest BCUT2D eigenvalue weighted by molar-refractivity contribution is -0.137. The van der Waals surface area contributed by atoms with Crippen molar-refractivity contribution in [3.63, 3.8) is 0 Å². The Bertz CT molecular complexity index is 652. The molecule has 0 saturated carbocycles. The van der Waals surface area contributed by atoms with Gasteiger partial charge in [0.1, 0.15) is 5.75 Å². The molecule has 1 aliphatic heterocycles. The third-order valence-electron chi connectivity index (χ3n) is 3.81. The van der Waals surface area contributed by atoms with Gasteiger partial charge in [0.15, 0.2) is 9.84 Å². The van der Waals surface area contributed by atoms with Crippen molar-refractivity contribution in [1.29, 1.82) is 0 Å². The van der Waals surface area contributed by atoms with E-state index >= 15 is 0 Å². The van der Waals surface area contributed by atoms with E-state index in [-0.39, 0.29) is 6.03 Å². The summed E-state index contributed by atoms with van der Waals surface area (Å²) in [5, 5.41) is 2.16. The molecule has 23 heavy (non-hydrogen) atoms. The second kappa shape index (κ2) is 7.45. The second-order valence-electron chi connectivity index (χ2n) is 5.37. The molecule has 2 amide bonds. The van der Waals surface area contributed by atoms with Gasteiger partial charge in [0, 0.05) is 18.8 Å². The van der Waals surface area contributed by atoms with E-state index in [4.69, 9.17) is 0 Å². The maximum absolute atomic E-state index is 12.1. The van der Waals surface area contributed by atoms with Crippen LogP contribution in [0.5, 0.6) is 0 Å². The Hall–Kier alpha value is -2.09. The molecule has 1 saturated heterocycles. The zero-order chi connectivity index (χ0) is 16.9. The molecule has 1 aromatic carbocycles. The number of hydrogen-bond acceptors (Lipinski definition) is 5. The smallest absolute Gasteiger partial charge is 0.321 e. The van der Waals surface area contributed by atoms with E-state index in [0.29, 0.717) is 31.6 Å². The Morgan fingerprint density at radius 1 is 1.22 bits per heavy atom. The first-order valence-corrected chi connectivity index (χ1v) is 9.03. The fraction of sp³-hybridized carbons (Fsp3) is 0.467. The van der Waals surface area contributed by atoms with E-state index in [9.17, 15) is 18.0 Å². The van der Waals surface area contributed by atoms with Crippen molar-refractivity contribution >= 4 is 27.5 Å². The molecule has 0 aromatic heterocycles. The fourth-order valence-electron chi connectivity index (χ4n) is 2.48. The van der Waals surface area contributed by atoms with Gasteiger partial charge in [0.05, 0.1) is 12.4 Å². The fourth-order valence-corrected chi connectivity index (χ4v) is 4.09. The van der Waals surface area contributed by atoms with E-state index in [1.54, 1.807) is 17.0 Å². The highest BCUT2D eigenvalue weighted by molar-refractivity contribution is 7.92. The van der Waals surface area contributed by atoms with Crippen LogP contribution in [0.1, 0.15) is 12.8 Å². The number of amides is 2. The van der Waals surface area contributed by atoms with Crippen LogP contribution >= 0.6 is 0 Å². The molecule has 2 rings (SSSR count). The van der Waals surface area contributed by atoms with Crippen molar-refractivity contribution in [3.8, 4) is 0 Å². The van der Waals surface area contributed by atoms with Gasteiger partial charge in [-0.2, -0.15) is 0 Å². The molecule has 0 atom stereocenters. The Kier molecular flexibility index (Phi) is 5.59. The number of carbonyl (C=O) groups excluding carboxylic acids is 2. The number of piperidine rings is 1. The lowest BCUT2D eigenvalue weighted by Crippen LogP contribution is -2.45. The van der Waals surface area contributed by atoms with Crippen LogP contribution in [-0.2, 0) is 19.4 Å². The lowest BCUT2D eigenvalue weighted by atomic mass is 10.1. The molecular weight excluding hydrogens is 320 g/mol. The van der Waals surface area contributed by atoms with E-state index in [1.165, 1.54) is 0 Å². The van der Waals surface area contributed by atoms with Crippen LogP contribution in [0.3, 0.4) is 0 Å². The lowest BCUT2D eigenvalue weighted by Gasteiger charge is -2.31. The maximum Gasteiger partial charge on any atom is 0.321 e. The highest BCUT2D eigenvalue weighted by Crippen LogP contribution is 2.19. The molecule has 8 heteroatoms. The second-order valence-corrected chi connectivity index (χ2v) is 7.65. The quantitative estimate of drug-likeness (QED) is 0.833. The van der Waals surface area contributed by atoms with Gasteiger partial charge in [-0.25, -0.2) is 13.2 Å². The van der Waals surface area contributed by atoms with Crippen molar-refractivity contribution in [2.24, 2.45) is 0 Å². The van der Waals surface area contributed by atoms with Crippen molar-refractivity contribution < 1.29 is 22.7 Å². The molecule has 0 spiro atoms. The van der Waals surface area contributed by atoms with Crippen LogP contribution in [0.2, 0.25) is 0 Å². The third kappa shape index (κ3) is 4.69. The van der Waals surface area contributed by atoms with Gasteiger partial charge in [-0.3, -0.25) is 4.79 Å². The van der Waals surface area contributed by atoms with Gasteiger partial charge in [-0.15, -0.1) is 0 Å². The predicted molar refractivity (Wildman–Crippen MR) is 85.9 cm³/mol. The molecule has 1 N–H and O–H groups in total. The predicted octanol–water partition coefficient (Wildman–Crippen LogP) is 1.27. The molecular formula is C15H20N2O5S. The van der Waals surface area contributed by atoms with Crippen LogP contribution in [0.15, 0.2) is 30.3 Å². The minimum Gasteiger partial charge on any atom is -0.468 e. The molecule has 1 aliphatic rings. The zero-order valence-electron chi connectivity index (χ0n) is 12.9. The standard InChI is InChI=1S/C15H20N2O5S/c1-22-14(18)11-23(20,21)13-7-9-17(10-8-13)15(19)16-12-5-3-2-4-6-12/h2-6,13H,7-11H2,1H3,(H,16,19). The molecule has 0 unspecified atom stereocenters. The number of benzene rings is 1. The normalized spacial score (nSPS) is 16.0. The molecule has 0 aliphatic carbocycles. The number of esters is 1. The molecule has 1 heterocycles. The summed E-state index contributed by atoms with van der Waals surface area (Å²) in [6.07, 6.45) is 0.642. The summed E-state index contributed by atoms with van der Waals surface area (Å²) in [5.41, 5.74) is 0.693. The number of anilines is 1. The topological polar surface area (TPSA) is 92.8 Å². The Balaban J connectivity index is 1.88. The molecule has 0 radical (unpaired) electrons. The summed E-state index contributed by atoms with van der Waals surface area (Å²) in [5.74, 6) is -1.36. The van der Waals surface area contributed by atoms with Crippen molar-refractivity contribution in [2.75, 3.05) is 31.3 Å². The number of ether oxygens (including phenoxy) is 1. The number of rotatable bonds is 4. The molecule has 7 nitrogen and oxygen atoms in total. The van der Waals surface area contributed by atoms with Crippen molar-refractivity contribution in [1.82, 2.24) is 4.90 Å². The Labute approximate surface area is 135 Å². The third-order valence-corrected chi connectivity index (χ3v) is 5.93. The van der Waals surface area contributed by atoms with Gasteiger partial charge in [-0.1, -0.05) is 18.2 Å². The van der Waals surface area contributed by atoms with Gasteiger partial charge in [0.2, 0.25) is 0 Å². The van der Waals surface area contributed by atoms with Gasteiger partial charge in [0.25, 0.3) is 0 Å². The van der Waals surface area contributed by atoms with Crippen LogP contribution in [0, 0.1) is 0 Å². The molecule has 1 fully saturated rings. The number of nitrogens with zero attached hydrogens (tertiary/aromatic N) is 1. The summed E-state index contributed by atoms with van der Waals surface area (Å²) in [6.45, 7) is 0.674. The Morgan fingerprint density at radius 2 is 1.83 bits per heavy atom. The van der Waals surface area contributed by atoms with E-state index in [0.717, 1.165) is 7.11 Å². The number of sulfone groups is 1. The monoisotopic (exact) mass is 340 g/mol. The summed E-state index contributed by atoms with van der Waals surface area (Å²) < 4.78 is 28.6. The highest BCUT2D eigenvalue weighted by Gasteiger charge is 2.33. The van der Waals surface area contributed by atoms with Gasteiger partial charge in [-0.05, 0) is 25.0 Å². The number of nitrogens with one attached hydrogen (secondary N) is 1. The minimum atomic E-state index is -3.54. The van der Waals surface area contributed by atoms with E-state index in [1.807, 2.05) is 18.2 Å². The Morgan fingerprint density at radius 3 is 2.39 bits per heavy atom. The SMILES string of the molecule is COC(=O)CS(=O)(=O)C1CCN(C(=O)Nc2ccccc2)CC1.